The van der Waals surface area contributed by atoms with Gasteiger partial charge >= 0.3 is 0 Å². The third-order valence-electron chi connectivity index (χ3n) is 4.48. The number of pyridine rings is 2. The maximum atomic E-state index is 13.1. The van der Waals surface area contributed by atoms with Gasteiger partial charge in [-0.2, -0.15) is 0 Å². The van der Waals surface area contributed by atoms with Crippen LogP contribution in [0.1, 0.15) is 24.2 Å². The number of nitrogens with one attached hydrogen (secondary N) is 1. The first-order valence-electron chi connectivity index (χ1n) is 9.32. The van der Waals surface area contributed by atoms with Gasteiger partial charge in [-0.3, -0.25) is 19.9 Å². The molecule has 0 saturated carbocycles. The highest BCUT2D eigenvalue weighted by molar-refractivity contribution is 7.14. The number of anilines is 1. The first-order valence-corrected chi connectivity index (χ1v) is 10.2. The zero-order chi connectivity index (χ0) is 20.4. The molecule has 0 aliphatic rings. The van der Waals surface area contributed by atoms with E-state index in [0.717, 1.165) is 11.3 Å². The molecule has 3 heterocycles. The molecule has 6 nitrogen and oxygen atoms in total. The van der Waals surface area contributed by atoms with Crippen LogP contribution in [-0.4, -0.2) is 20.4 Å². The molecule has 7 heteroatoms. The van der Waals surface area contributed by atoms with E-state index in [0.29, 0.717) is 28.0 Å². The summed E-state index contributed by atoms with van der Waals surface area (Å²) in [5, 5.41) is 6.43. The lowest BCUT2D eigenvalue weighted by Crippen LogP contribution is -2.25. The van der Waals surface area contributed by atoms with Crippen LogP contribution >= 0.6 is 11.3 Å². The maximum Gasteiger partial charge on any atom is 0.259 e. The smallest absolute Gasteiger partial charge is 0.259 e. The van der Waals surface area contributed by atoms with E-state index in [4.69, 9.17) is 0 Å². The van der Waals surface area contributed by atoms with Crippen molar-refractivity contribution in [3.8, 4) is 11.3 Å². The predicted molar refractivity (Wildman–Crippen MR) is 116 cm³/mol. The number of hydrogen-bond donors (Lipinski definition) is 1. The van der Waals surface area contributed by atoms with Crippen molar-refractivity contribution < 1.29 is 4.79 Å². The molecule has 4 aromatic rings. The molecule has 0 radical (unpaired) electrons. The molecule has 1 aromatic carbocycles. The highest BCUT2D eigenvalue weighted by atomic mass is 32.1. The summed E-state index contributed by atoms with van der Waals surface area (Å²) in [4.78, 5) is 34.4. The summed E-state index contributed by atoms with van der Waals surface area (Å²) in [6, 6.07) is 11.0. The van der Waals surface area contributed by atoms with Gasteiger partial charge in [0.2, 0.25) is 0 Å². The molecular weight excluding hydrogens is 384 g/mol. The fourth-order valence-corrected chi connectivity index (χ4v) is 3.91. The van der Waals surface area contributed by atoms with Crippen molar-refractivity contribution in [1.29, 1.82) is 0 Å². The predicted octanol–water partition coefficient (Wildman–Crippen LogP) is 4.43. The molecule has 29 heavy (non-hydrogen) atoms. The molecule has 0 saturated heterocycles. The highest BCUT2D eigenvalue weighted by Crippen LogP contribution is 2.25. The number of thiazole rings is 1. The van der Waals surface area contributed by atoms with Crippen LogP contribution in [-0.2, 0) is 6.54 Å². The van der Waals surface area contributed by atoms with Crippen LogP contribution in [0, 0.1) is 5.92 Å². The van der Waals surface area contributed by atoms with Crippen LogP contribution < -0.4 is 10.9 Å². The second kappa shape index (κ2) is 7.97. The minimum Gasteiger partial charge on any atom is -0.314 e. The normalized spacial score (nSPS) is 11.1. The number of fused-ring (bicyclic) bond motifs is 1. The Balaban J connectivity index is 1.69. The molecular formula is C22H20N4O2S. The first-order chi connectivity index (χ1) is 14.0. The Morgan fingerprint density at radius 1 is 1.17 bits per heavy atom. The van der Waals surface area contributed by atoms with E-state index < -0.39 is 0 Å². The van der Waals surface area contributed by atoms with Crippen LogP contribution in [0.5, 0.6) is 0 Å². The summed E-state index contributed by atoms with van der Waals surface area (Å²) in [5.41, 5.74) is 2.02. The van der Waals surface area contributed by atoms with Crippen molar-refractivity contribution >= 4 is 33.1 Å². The van der Waals surface area contributed by atoms with E-state index in [-0.39, 0.29) is 17.4 Å². The number of hydrogen-bond acceptors (Lipinski definition) is 5. The van der Waals surface area contributed by atoms with Gasteiger partial charge < -0.3 is 4.57 Å². The number of rotatable bonds is 5. The van der Waals surface area contributed by atoms with Crippen molar-refractivity contribution in [2.75, 3.05) is 5.32 Å². The molecule has 146 valence electrons. The Bertz CT molecular complexity index is 1230. The third-order valence-corrected chi connectivity index (χ3v) is 5.24. The second-order valence-corrected chi connectivity index (χ2v) is 8.03. The number of aromatic nitrogens is 3. The summed E-state index contributed by atoms with van der Waals surface area (Å²) in [5.74, 6) is -0.00318. The molecule has 0 aliphatic carbocycles. The van der Waals surface area contributed by atoms with E-state index in [9.17, 15) is 9.59 Å². The van der Waals surface area contributed by atoms with Gasteiger partial charge in [0.05, 0.1) is 11.3 Å². The minimum absolute atomic E-state index is 0.0843. The summed E-state index contributed by atoms with van der Waals surface area (Å²) in [7, 11) is 0. The number of benzene rings is 1. The minimum atomic E-state index is -0.286. The second-order valence-electron chi connectivity index (χ2n) is 7.17. The van der Waals surface area contributed by atoms with Gasteiger partial charge in [-0.1, -0.05) is 32.0 Å². The molecule has 0 unspecified atom stereocenters. The van der Waals surface area contributed by atoms with Crippen molar-refractivity contribution in [3.63, 3.8) is 0 Å². The van der Waals surface area contributed by atoms with Crippen LogP contribution in [0.25, 0.3) is 22.0 Å². The molecule has 0 atom stereocenters. The lowest BCUT2D eigenvalue weighted by Gasteiger charge is -2.13. The fourth-order valence-electron chi connectivity index (χ4n) is 3.20. The molecule has 1 amide bonds. The van der Waals surface area contributed by atoms with Crippen LogP contribution in [0.4, 0.5) is 5.13 Å². The Morgan fingerprint density at radius 3 is 2.69 bits per heavy atom. The molecule has 1 N–H and O–H groups in total. The van der Waals surface area contributed by atoms with Crippen molar-refractivity contribution in [2.24, 2.45) is 5.92 Å². The van der Waals surface area contributed by atoms with Crippen LogP contribution in [0.15, 0.2) is 65.2 Å². The van der Waals surface area contributed by atoms with Gasteiger partial charge in [-0.25, -0.2) is 4.98 Å². The SMILES string of the molecule is CC(C)Cn1cc(C(=O)Nc2nc(-c3cccnc3)cs2)c2ccccc2c1=O. The number of carbonyl (C=O) groups is 1. The Labute approximate surface area is 171 Å². The Hall–Kier alpha value is -3.32. The van der Waals surface area contributed by atoms with Gasteiger partial charge in [-0.05, 0) is 24.1 Å². The Kier molecular flexibility index (Phi) is 5.22. The van der Waals surface area contributed by atoms with E-state index in [1.54, 1.807) is 35.3 Å². The average molecular weight is 404 g/mol. The average Bonchev–Trinajstić information content (AvgIpc) is 3.19. The summed E-state index contributed by atoms with van der Waals surface area (Å²) in [6.07, 6.45) is 5.08. The fraction of sp³-hybridized carbons (Fsp3) is 0.182. The van der Waals surface area contributed by atoms with Crippen molar-refractivity contribution in [1.82, 2.24) is 14.5 Å². The summed E-state index contributed by atoms with van der Waals surface area (Å²) >= 11 is 1.35. The monoisotopic (exact) mass is 404 g/mol. The largest absolute Gasteiger partial charge is 0.314 e. The zero-order valence-electron chi connectivity index (χ0n) is 16.1. The highest BCUT2D eigenvalue weighted by Gasteiger charge is 2.17. The van der Waals surface area contributed by atoms with E-state index in [1.165, 1.54) is 11.3 Å². The third kappa shape index (κ3) is 3.95. The van der Waals surface area contributed by atoms with Gasteiger partial charge in [0.15, 0.2) is 5.13 Å². The zero-order valence-corrected chi connectivity index (χ0v) is 16.9. The summed E-state index contributed by atoms with van der Waals surface area (Å²) in [6.45, 7) is 4.63. The van der Waals surface area contributed by atoms with Gasteiger partial charge in [0, 0.05) is 46.9 Å². The standard InChI is InChI=1S/C22H20N4O2S/c1-14(2)11-26-12-18(16-7-3-4-8-17(16)21(26)28)20(27)25-22-24-19(13-29-22)15-6-5-9-23-10-15/h3-10,12-14H,11H2,1-2H3,(H,24,25,27). The van der Waals surface area contributed by atoms with Gasteiger partial charge in [0.1, 0.15) is 0 Å². The number of nitrogens with zero attached hydrogens (tertiary/aromatic N) is 3. The van der Waals surface area contributed by atoms with Crippen molar-refractivity contribution in [3.05, 3.63) is 76.3 Å². The van der Waals surface area contributed by atoms with Gasteiger partial charge in [0.25, 0.3) is 11.5 Å². The maximum absolute atomic E-state index is 13.1. The topological polar surface area (TPSA) is 76.9 Å². The first kappa shape index (κ1) is 19.0. The molecule has 0 fully saturated rings. The molecule has 0 aliphatic heterocycles. The Morgan fingerprint density at radius 2 is 1.97 bits per heavy atom. The van der Waals surface area contributed by atoms with Gasteiger partial charge in [-0.15, -0.1) is 11.3 Å². The molecule has 4 rings (SSSR count). The van der Waals surface area contributed by atoms with E-state index in [2.05, 4.69) is 15.3 Å². The molecule has 3 aromatic heterocycles. The van der Waals surface area contributed by atoms with Crippen LogP contribution in [0.3, 0.4) is 0 Å². The number of carbonyl (C=O) groups excluding carboxylic acids is 1. The van der Waals surface area contributed by atoms with Crippen molar-refractivity contribution in [2.45, 2.75) is 20.4 Å². The van der Waals surface area contributed by atoms with E-state index >= 15 is 0 Å². The lowest BCUT2D eigenvalue weighted by molar-refractivity contribution is 0.102. The lowest BCUT2D eigenvalue weighted by atomic mass is 10.1. The van der Waals surface area contributed by atoms with E-state index in [1.807, 2.05) is 43.5 Å². The molecule has 0 spiro atoms. The van der Waals surface area contributed by atoms with Crippen LogP contribution in [0.2, 0.25) is 0 Å². The summed E-state index contributed by atoms with van der Waals surface area (Å²) < 4.78 is 1.62. The molecule has 0 bridgehead atoms. The quantitative estimate of drug-likeness (QED) is 0.534. The number of amides is 1.